The number of benzene rings is 2. The van der Waals surface area contributed by atoms with Crippen molar-refractivity contribution in [3.05, 3.63) is 67.8 Å². The molecule has 0 fully saturated rings. The molecule has 1 aliphatic heterocycles. The molecule has 0 aromatic heterocycles. The molecule has 1 heterocycles. The topological polar surface area (TPSA) is 123 Å². The van der Waals surface area contributed by atoms with Gasteiger partial charge in [0.2, 0.25) is 6.79 Å². The summed E-state index contributed by atoms with van der Waals surface area (Å²) in [5, 5.41) is 21.8. The van der Waals surface area contributed by atoms with Gasteiger partial charge in [0, 0.05) is 6.07 Å². The Morgan fingerprint density at radius 2 is 1.42 bits per heavy atom. The van der Waals surface area contributed by atoms with Crippen LogP contribution in [-0.4, -0.2) is 27.8 Å². The SMILES string of the molecule is CC.CC(C)(C)OCc1cc2c(cc1[N+](=O)[O-])OCO2.CC(OC(C)(C)C)c1ccccc1[N+](=O)[O-]. The minimum Gasteiger partial charge on any atom is -0.454 e. The second-order valence-corrected chi connectivity index (χ2v) is 9.68. The van der Waals surface area contributed by atoms with Crippen LogP contribution in [0.2, 0.25) is 0 Å². The number of hydrogen-bond acceptors (Lipinski definition) is 8. The first-order valence-corrected chi connectivity index (χ1v) is 11.8. The van der Waals surface area contributed by atoms with E-state index < -0.39 is 4.92 Å². The van der Waals surface area contributed by atoms with E-state index in [2.05, 4.69) is 0 Å². The van der Waals surface area contributed by atoms with E-state index in [1.54, 1.807) is 24.3 Å². The average Bonchev–Trinajstić information content (AvgIpc) is 3.24. The zero-order valence-electron chi connectivity index (χ0n) is 22.6. The minimum atomic E-state index is -0.441. The summed E-state index contributed by atoms with van der Waals surface area (Å²) in [6.45, 7) is 17.6. The number of ether oxygens (including phenoxy) is 4. The molecular formula is C26H38N2O8. The van der Waals surface area contributed by atoms with Crippen molar-refractivity contribution in [1.29, 1.82) is 0 Å². The number of fused-ring (bicyclic) bond motifs is 1. The second kappa shape index (κ2) is 13.2. The third-order valence-electron chi connectivity index (χ3n) is 4.53. The van der Waals surface area contributed by atoms with Gasteiger partial charge in [0.25, 0.3) is 11.4 Å². The van der Waals surface area contributed by atoms with Gasteiger partial charge in [-0.25, -0.2) is 0 Å². The first-order chi connectivity index (χ1) is 16.7. The summed E-state index contributed by atoms with van der Waals surface area (Å²) in [6, 6.07) is 9.65. The second-order valence-electron chi connectivity index (χ2n) is 9.68. The Bertz CT molecular complexity index is 1030. The van der Waals surface area contributed by atoms with Crippen LogP contribution in [0.15, 0.2) is 36.4 Å². The van der Waals surface area contributed by atoms with E-state index in [-0.39, 0.29) is 47.0 Å². The van der Waals surface area contributed by atoms with Gasteiger partial charge in [0.1, 0.15) is 0 Å². The maximum absolute atomic E-state index is 11.0. The Balaban J connectivity index is 0.000000339. The highest BCUT2D eigenvalue weighted by Gasteiger charge is 2.25. The van der Waals surface area contributed by atoms with Crippen LogP contribution in [0.1, 0.15) is 79.5 Å². The lowest BCUT2D eigenvalue weighted by Crippen LogP contribution is -2.21. The van der Waals surface area contributed by atoms with Crippen LogP contribution in [0.25, 0.3) is 0 Å². The highest BCUT2D eigenvalue weighted by molar-refractivity contribution is 5.55. The van der Waals surface area contributed by atoms with Gasteiger partial charge in [0.05, 0.1) is 51.0 Å². The third-order valence-corrected chi connectivity index (χ3v) is 4.53. The highest BCUT2D eigenvalue weighted by Crippen LogP contribution is 2.38. The molecule has 10 heteroatoms. The first kappa shape index (κ1) is 30.8. The lowest BCUT2D eigenvalue weighted by Gasteiger charge is -2.25. The van der Waals surface area contributed by atoms with Gasteiger partial charge >= 0.3 is 0 Å². The van der Waals surface area contributed by atoms with Gasteiger partial charge < -0.3 is 18.9 Å². The largest absolute Gasteiger partial charge is 0.454 e. The van der Waals surface area contributed by atoms with Crippen LogP contribution in [0.4, 0.5) is 11.4 Å². The van der Waals surface area contributed by atoms with E-state index in [0.29, 0.717) is 22.6 Å². The molecule has 1 atom stereocenters. The fraction of sp³-hybridized carbons (Fsp3) is 0.538. The Labute approximate surface area is 212 Å². The molecule has 36 heavy (non-hydrogen) atoms. The molecule has 2 aromatic rings. The van der Waals surface area contributed by atoms with Crippen LogP contribution < -0.4 is 9.47 Å². The molecule has 0 radical (unpaired) electrons. The van der Waals surface area contributed by atoms with Crippen molar-refractivity contribution in [2.24, 2.45) is 0 Å². The molecule has 1 aliphatic rings. The van der Waals surface area contributed by atoms with Crippen molar-refractivity contribution >= 4 is 11.4 Å². The number of nitro groups is 2. The van der Waals surface area contributed by atoms with Crippen molar-refractivity contribution < 1.29 is 28.8 Å². The molecule has 200 valence electrons. The van der Waals surface area contributed by atoms with Gasteiger partial charge in [-0.05, 0) is 60.6 Å². The van der Waals surface area contributed by atoms with Crippen molar-refractivity contribution in [1.82, 2.24) is 0 Å². The fourth-order valence-electron chi connectivity index (χ4n) is 3.14. The number of para-hydroxylation sites is 1. The molecule has 0 N–H and O–H groups in total. The predicted molar refractivity (Wildman–Crippen MR) is 137 cm³/mol. The number of nitrogens with zero attached hydrogens (tertiary/aromatic N) is 2. The first-order valence-electron chi connectivity index (χ1n) is 11.8. The third kappa shape index (κ3) is 9.79. The van der Waals surface area contributed by atoms with Crippen molar-refractivity contribution in [3.63, 3.8) is 0 Å². The lowest BCUT2D eigenvalue weighted by molar-refractivity contribution is -0.386. The number of nitro benzene ring substituents is 2. The van der Waals surface area contributed by atoms with Crippen molar-refractivity contribution in [2.75, 3.05) is 6.79 Å². The average molecular weight is 507 g/mol. The molecule has 0 aliphatic carbocycles. The summed E-state index contributed by atoms with van der Waals surface area (Å²) >= 11 is 0. The molecule has 0 saturated heterocycles. The molecular weight excluding hydrogens is 468 g/mol. The summed E-state index contributed by atoms with van der Waals surface area (Å²) in [5.74, 6) is 0.925. The maximum atomic E-state index is 11.0. The van der Waals surface area contributed by atoms with Crippen LogP contribution in [-0.2, 0) is 16.1 Å². The zero-order chi connectivity index (χ0) is 27.7. The minimum absolute atomic E-state index is 0.0106. The van der Waals surface area contributed by atoms with E-state index >= 15 is 0 Å². The molecule has 0 saturated carbocycles. The summed E-state index contributed by atoms with van der Waals surface area (Å²) < 4.78 is 21.6. The van der Waals surface area contributed by atoms with E-state index in [0.717, 1.165) is 0 Å². The summed E-state index contributed by atoms with van der Waals surface area (Å²) in [4.78, 5) is 21.0. The normalized spacial score (nSPS) is 13.0. The lowest BCUT2D eigenvalue weighted by atomic mass is 10.1. The summed E-state index contributed by atoms with van der Waals surface area (Å²) in [5.41, 5.74) is 0.525. The fourth-order valence-corrected chi connectivity index (χ4v) is 3.14. The van der Waals surface area contributed by atoms with Crippen molar-refractivity contribution in [2.45, 2.75) is 86.2 Å². The maximum Gasteiger partial charge on any atom is 0.278 e. The molecule has 1 unspecified atom stereocenters. The van der Waals surface area contributed by atoms with E-state index in [4.69, 9.17) is 18.9 Å². The Kier molecular flexibility index (Phi) is 11.3. The van der Waals surface area contributed by atoms with Crippen LogP contribution in [0.3, 0.4) is 0 Å². The molecule has 0 amide bonds. The highest BCUT2D eigenvalue weighted by atomic mass is 16.7. The van der Waals surface area contributed by atoms with Gasteiger partial charge in [-0.15, -0.1) is 0 Å². The Morgan fingerprint density at radius 1 is 0.889 bits per heavy atom. The van der Waals surface area contributed by atoms with E-state index in [1.165, 1.54) is 12.1 Å². The number of rotatable bonds is 6. The summed E-state index contributed by atoms with van der Waals surface area (Å²) in [7, 11) is 0. The van der Waals surface area contributed by atoms with Crippen LogP contribution >= 0.6 is 0 Å². The standard InChI is InChI=1S/C12H15NO5.C12H17NO3.C2H6/c1-12(2,3)18-6-8-4-10-11(17-7-16-10)5-9(8)13(14)15;1-9(16-12(2,3)4)10-7-5-6-8-11(10)13(14)15;1-2/h4-5H,6-7H2,1-3H3;5-9H,1-4H3;1-2H3. The van der Waals surface area contributed by atoms with E-state index in [9.17, 15) is 20.2 Å². The van der Waals surface area contributed by atoms with Gasteiger partial charge in [-0.1, -0.05) is 26.0 Å². The molecule has 2 aromatic carbocycles. The van der Waals surface area contributed by atoms with Gasteiger partial charge in [0.15, 0.2) is 11.5 Å². The number of hydrogen-bond donors (Lipinski definition) is 0. The monoisotopic (exact) mass is 506 g/mol. The quantitative estimate of drug-likeness (QED) is 0.299. The summed E-state index contributed by atoms with van der Waals surface area (Å²) in [6.07, 6.45) is -0.290. The molecule has 0 bridgehead atoms. The molecule has 10 nitrogen and oxygen atoms in total. The van der Waals surface area contributed by atoms with Crippen molar-refractivity contribution in [3.8, 4) is 11.5 Å². The Hall–Kier alpha value is -3.24. The predicted octanol–water partition coefficient (Wildman–Crippen LogP) is 7.14. The van der Waals surface area contributed by atoms with E-state index in [1.807, 2.05) is 62.3 Å². The zero-order valence-corrected chi connectivity index (χ0v) is 22.6. The van der Waals surface area contributed by atoms with Crippen LogP contribution in [0.5, 0.6) is 11.5 Å². The molecule has 0 spiro atoms. The van der Waals surface area contributed by atoms with Gasteiger partial charge in [-0.2, -0.15) is 0 Å². The Morgan fingerprint density at radius 3 is 1.92 bits per heavy atom. The van der Waals surface area contributed by atoms with Gasteiger partial charge in [-0.3, -0.25) is 20.2 Å². The smallest absolute Gasteiger partial charge is 0.278 e. The molecule has 3 rings (SSSR count). The van der Waals surface area contributed by atoms with Crippen LogP contribution in [0, 0.1) is 20.2 Å².